The van der Waals surface area contributed by atoms with E-state index in [2.05, 4.69) is 52.0 Å². The molecule has 0 amide bonds. The van der Waals surface area contributed by atoms with E-state index >= 15 is 0 Å². The van der Waals surface area contributed by atoms with Gasteiger partial charge in [-0.25, -0.2) is 0 Å². The molecule has 0 aromatic heterocycles. The maximum atomic E-state index is 2.28. The number of hydrogen-bond acceptors (Lipinski definition) is 0. The predicted molar refractivity (Wildman–Crippen MR) is 63.5 cm³/mol. The average molecular weight is 190 g/mol. The Kier molecular flexibility index (Phi) is 4.19. The van der Waals surface area contributed by atoms with E-state index in [1.807, 2.05) is 0 Å². The van der Waals surface area contributed by atoms with Crippen molar-refractivity contribution >= 4 is 0 Å². The summed E-state index contributed by atoms with van der Waals surface area (Å²) in [7, 11) is 0. The van der Waals surface area contributed by atoms with Crippen molar-refractivity contribution in [3.63, 3.8) is 0 Å². The van der Waals surface area contributed by atoms with Gasteiger partial charge < -0.3 is 0 Å². The molecule has 0 unspecified atom stereocenters. The Morgan fingerprint density at radius 1 is 0.786 bits per heavy atom. The van der Waals surface area contributed by atoms with E-state index in [1.165, 1.54) is 24.0 Å². The monoisotopic (exact) mass is 190 g/mol. The second-order valence-corrected chi connectivity index (χ2v) is 4.96. The molecule has 0 nitrogen and oxygen atoms in total. The number of benzene rings is 1. The first-order chi connectivity index (χ1) is 6.59. The summed E-state index contributed by atoms with van der Waals surface area (Å²) in [4.78, 5) is 0. The molecule has 0 saturated heterocycles. The zero-order chi connectivity index (χ0) is 10.6. The van der Waals surface area contributed by atoms with Gasteiger partial charge in [0.15, 0.2) is 0 Å². The van der Waals surface area contributed by atoms with Crippen molar-refractivity contribution in [1.29, 1.82) is 0 Å². The van der Waals surface area contributed by atoms with Crippen LogP contribution in [0.2, 0.25) is 0 Å². The summed E-state index contributed by atoms with van der Waals surface area (Å²) in [5.74, 6) is 1.51. The number of hydrogen-bond donors (Lipinski definition) is 0. The van der Waals surface area contributed by atoms with Crippen molar-refractivity contribution in [3.05, 3.63) is 35.4 Å². The Balaban J connectivity index is 2.80. The quantitative estimate of drug-likeness (QED) is 0.671. The third kappa shape index (κ3) is 3.53. The molecule has 0 heterocycles. The van der Waals surface area contributed by atoms with Gasteiger partial charge in [-0.2, -0.15) is 0 Å². The zero-order valence-electron chi connectivity index (χ0n) is 9.88. The normalized spacial score (nSPS) is 11.3. The van der Waals surface area contributed by atoms with Gasteiger partial charge in [0.2, 0.25) is 0 Å². The van der Waals surface area contributed by atoms with Crippen LogP contribution in [0.1, 0.15) is 38.8 Å². The van der Waals surface area contributed by atoms with Gasteiger partial charge >= 0.3 is 0 Å². The molecule has 1 rings (SSSR count). The van der Waals surface area contributed by atoms with Crippen molar-refractivity contribution in [2.45, 2.75) is 40.5 Å². The minimum Gasteiger partial charge on any atom is -0.0625 e. The molecule has 0 atom stereocenters. The highest BCUT2D eigenvalue weighted by Gasteiger charge is 2.05. The molecule has 0 radical (unpaired) electrons. The fourth-order valence-electron chi connectivity index (χ4n) is 1.84. The van der Waals surface area contributed by atoms with Gasteiger partial charge in [-0.1, -0.05) is 52.0 Å². The van der Waals surface area contributed by atoms with Crippen LogP contribution in [0.5, 0.6) is 0 Å². The Labute approximate surface area is 88.4 Å². The first-order valence-corrected chi connectivity index (χ1v) is 5.66. The highest BCUT2D eigenvalue weighted by molar-refractivity contribution is 5.27. The molecule has 0 N–H and O–H groups in total. The van der Waals surface area contributed by atoms with Gasteiger partial charge in [0, 0.05) is 0 Å². The molecule has 78 valence electrons. The van der Waals surface area contributed by atoms with Crippen molar-refractivity contribution in [2.75, 3.05) is 0 Å². The van der Waals surface area contributed by atoms with E-state index in [-0.39, 0.29) is 0 Å². The summed E-state index contributed by atoms with van der Waals surface area (Å²) in [5.41, 5.74) is 3.08. The first kappa shape index (κ1) is 11.3. The first-order valence-electron chi connectivity index (χ1n) is 5.66. The van der Waals surface area contributed by atoms with E-state index < -0.39 is 0 Å². The Bertz CT molecular complexity index is 242. The summed E-state index contributed by atoms with van der Waals surface area (Å²) >= 11 is 0. The van der Waals surface area contributed by atoms with Gasteiger partial charge in [0.25, 0.3) is 0 Å². The lowest BCUT2D eigenvalue weighted by Crippen LogP contribution is -2.02. The van der Waals surface area contributed by atoms with Crippen LogP contribution >= 0.6 is 0 Å². The molecule has 0 saturated carbocycles. The molecule has 0 fully saturated rings. The van der Waals surface area contributed by atoms with Crippen LogP contribution in [0.25, 0.3) is 0 Å². The van der Waals surface area contributed by atoms with Crippen LogP contribution in [0.15, 0.2) is 24.3 Å². The smallest absolute Gasteiger partial charge is 0.0253 e. The molecular weight excluding hydrogens is 168 g/mol. The fraction of sp³-hybridized carbons (Fsp3) is 0.571. The average Bonchev–Trinajstić information content (AvgIpc) is 2.06. The van der Waals surface area contributed by atoms with Crippen LogP contribution in [-0.4, -0.2) is 0 Å². The Morgan fingerprint density at radius 2 is 1.14 bits per heavy atom. The molecule has 0 aliphatic heterocycles. The van der Waals surface area contributed by atoms with Gasteiger partial charge in [-0.3, -0.25) is 0 Å². The van der Waals surface area contributed by atoms with E-state index in [9.17, 15) is 0 Å². The lowest BCUT2D eigenvalue weighted by molar-refractivity contribution is 0.616. The highest BCUT2D eigenvalue weighted by atomic mass is 14.1. The highest BCUT2D eigenvalue weighted by Crippen LogP contribution is 2.17. The van der Waals surface area contributed by atoms with Gasteiger partial charge in [-0.15, -0.1) is 0 Å². The van der Waals surface area contributed by atoms with Crippen molar-refractivity contribution in [2.24, 2.45) is 11.8 Å². The molecule has 0 aliphatic carbocycles. The maximum absolute atomic E-state index is 2.28. The molecule has 0 bridgehead atoms. The molecule has 1 aromatic rings. The molecule has 0 spiro atoms. The third-order valence-corrected chi connectivity index (χ3v) is 2.37. The van der Waals surface area contributed by atoms with Crippen LogP contribution in [-0.2, 0) is 12.8 Å². The second-order valence-electron chi connectivity index (χ2n) is 4.96. The van der Waals surface area contributed by atoms with E-state index in [4.69, 9.17) is 0 Å². The molecular formula is C14H22. The van der Waals surface area contributed by atoms with Gasteiger partial charge in [0.05, 0.1) is 0 Å². The fourth-order valence-corrected chi connectivity index (χ4v) is 1.84. The zero-order valence-corrected chi connectivity index (χ0v) is 9.88. The van der Waals surface area contributed by atoms with Crippen LogP contribution in [0.4, 0.5) is 0 Å². The SMILES string of the molecule is CC(C)Cc1ccccc1CC(C)C. The van der Waals surface area contributed by atoms with Crippen molar-refractivity contribution in [3.8, 4) is 0 Å². The molecule has 1 aromatic carbocycles. The minimum absolute atomic E-state index is 0.753. The third-order valence-electron chi connectivity index (χ3n) is 2.37. The Morgan fingerprint density at radius 3 is 1.43 bits per heavy atom. The minimum atomic E-state index is 0.753. The molecule has 0 aliphatic rings. The summed E-state index contributed by atoms with van der Waals surface area (Å²) in [6.45, 7) is 9.14. The van der Waals surface area contributed by atoms with Crippen molar-refractivity contribution < 1.29 is 0 Å². The number of rotatable bonds is 4. The topological polar surface area (TPSA) is 0 Å². The summed E-state index contributed by atoms with van der Waals surface area (Å²) in [5, 5.41) is 0. The largest absolute Gasteiger partial charge is 0.0625 e. The Hall–Kier alpha value is -0.780. The van der Waals surface area contributed by atoms with Crippen molar-refractivity contribution in [1.82, 2.24) is 0 Å². The summed E-state index contributed by atoms with van der Waals surface area (Å²) in [6.07, 6.45) is 2.42. The van der Waals surface area contributed by atoms with E-state index in [0.29, 0.717) is 0 Å². The summed E-state index contributed by atoms with van der Waals surface area (Å²) < 4.78 is 0. The summed E-state index contributed by atoms with van der Waals surface area (Å²) in [6, 6.07) is 8.86. The van der Waals surface area contributed by atoms with Crippen LogP contribution in [0, 0.1) is 11.8 Å². The van der Waals surface area contributed by atoms with E-state index in [1.54, 1.807) is 0 Å². The van der Waals surface area contributed by atoms with Crippen LogP contribution < -0.4 is 0 Å². The molecule has 0 heteroatoms. The lowest BCUT2D eigenvalue weighted by atomic mass is 9.93. The second kappa shape index (κ2) is 5.19. The molecule has 14 heavy (non-hydrogen) atoms. The van der Waals surface area contributed by atoms with Gasteiger partial charge in [0.1, 0.15) is 0 Å². The van der Waals surface area contributed by atoms with Crippen LogP contribution in [0.3, 0.4) is 0 Å². The maximum Gasteiger partial charge on any atom is -0.0253 e. The lowest BCUT2D eigenvalue weighted by Gasteiger charge is -2.13. The standard InChI is InChI=1S/C14H22/c1-11(2)9-13-7-5-6-8-14(13)10-12(3)4/h5-8,11-12H,9-10H2,1-4H3. The van der Waals surface area contributed by atoms with E-state index in [0.717, 1.165) is 11.8 Å². The van der Waals surface area contributed by atoms with Gasteiger partial charge in [-0.05, 0) is 35.8 Å². The predicted octanol–water partition coefficient (Wildman–Crippen LogP) is 4.08.